The first-order valence-electron chi connectivity index (χ1n) is 6.22. The summed E-state index contributed by atoms with van der Waals surface area (Å²) in [6.45, 7) is 6.13. The lowest BCUT2D eigenvalue weighted by atomic mass is 10.2. The molecule has 0 heterocycles. The molecule has 0 aromatic heterocycles. The van der Waals surface area contributed by atoms with Gasteiger partial charge in [0.05, 0.1) is 13.7 Å². The Morgan fingerprint density at radius 2 is 1.95 bits per heavy atom. The average molecular weight is 264 g/mol. The highest BCUT2D eigenvalue weighted by Gasteiger charge is 2.10. The summed E-state index contributed by atoms with van der Waals surface area (Å²) in [6.07, 6.45) is 0. The maximum atomic E-state index is 12.0. The van der Waals surface area contributed by atoms with Crippen molar-refractivity contribution in [1.82, 2.24) is 5.32 Å². The molecule has 1 aromatic rings. The van der Waals surface area contributed by atoms with Gasteiger partial charge < -0.3 is 9.47 Å². The molecule has 0 bridgehead atoms. The number of aliphatic imine (C=N–C) groups is 1. The molecule has 1 N–H and O–H groups in total. The fourth-order valence-electron chi connectivity index (χ4n) is 1.39. The number of hydrogen-bond donors (Lipinski definition) is 1. The molecule has 0 spiro atoms. The number of amides is 1. The van der Waals surface area contributed by atoms with E-state index >= 15 is 0 Å². The molecular formula is C14H20N2O3. The smallest absolute Gasteiger partial charge is 0.291 e. The van der Waals surface area contributed by atoms with Gasteiger partial charge in [0.25, 0.3) is 11.9 Å². The second kappa shape index (κ2) is 7.41. The zero-order valence-electron chi connectivity index (χ0n) is 11.8. The van der Waals surface area contributed by atoms with Crippen LogP contribution < -0.4 is 10.1 Å². The van der Waals surface area contributed by atoms with Crippen LogP contribution in [0.3, 0.4) is 0 Å². The van der Waals surface area contributed by atoms with Gasteiger partial charge in [-0.2, -0.15) is 0 Å². The Labute approximate surface area is 113 Å². The minimum atomic E-state index is -0.254. The van der Waals surface area contributed by atoms with Crippen molar-refractivity contribution < 1.29 is 14.3 Å². The van der Waals surface area contributed by atoms with Crippen LogP contribution >= 0.6 is 0 Å². The molecule has 104 valence electrons. The van der Waals surface area contributed by atoms with Crippen molar-refractivity contribution in [1.29, 1.82) is 0 Å². The second-order valence-electron chi connectivity index (χ2n) is 4.14. The zero-order chi connectivity index (χ0) is 14.3. The molecule has 0 fully saturated rings. The van der Waals surface area contributed by atoms with E-state index in [4.69, 9.17) is 9.47 Å². The lowest BCUT2D eigenvalue weighted by molar-refractivity contribution is 0.0966. The Morgan fingerprint density at radius 1 is 1.32 bits per heavy atom. The molecule has 0 saturated carbocycles. The van der Waals surface area contributed by atoms with Gasteiger partial charge in [-0.15, -0.1) is 0 Å². The van der Waals surface area contributed by atoms with E-state index in [9.17, 15) is 4.79 Å². The van der Waals surface area contributed by atoms with Crippen LogP contribution in [0.4, 0.5) is 0 Å². The van der Waals surface area contributed by atoms with Crippen LogP contribution in [0.1, 0.15) is 31.1 Å². The average Bonchev–Trinajstić information content (AvgIpc) is 2.38. The van der Waals surface area contributed by atoms with E-state index in [0.29, 0.717) is 17.9 Å². The van der Waals surface area contributed by atoms with E-state index in [2.05, 4.69) is 10.3 Å². The summed E-state index contributed by atoms with van der Waals surface area (Å²) in [5.41, 5.74) is 0.525. The Balaban J connectivity index is 2.75. The molecule has 1 aromatic carbocycles. The number of carbonyl (C=O) groups excluding carboxylic acids is 1. The maximum Gasteiger partial charge on any atom is 0.291 e. The van der Waals surface area contributed by atoms with Crippen molar-refractivity contribution in [2.24, 2.45) is 4.99 Å². The van der Waals surface area contributed by atoms with E-state index in [0.717, 1.165) is 0 Å². The molecule has 1 amide bonds. The topological polar surface area (TPSA) is 59.9 Å². The molecule has 0 aliphatic carbocycles. The monoisotopic (exact) mass is 264 g/mol. The molecule has 0 aliphatic rings. The first kappa shape index (κ1) is 15.0. The van der Waals surface area contributed by atoms with Gasteiger partial charge in [-0.3, -0.25) is 10.1 Å². The third-order valence-corrected chi connectivity index (χ3v) is 2.23. The van der Waals surface area contributed by atoms with Crippen molar-refractivity contribution in [2.75, 3.05) is 13.7 Å². The highest BCUT2D eigenvalue weighted by molar-refractivity contribution is 6.04. The van der Waals surface area contributed by atoms with Gasteiger partial charge in [0.2, 0.25) is 0 Å². The van der Waals surface area contributed by atoms with Crippen molar-refractivity contribution >= 4 is 11.9 Å². The molecular weight excluding hydrogens is 244 g/mol. The minimum absolute atomic E-state index is 0.0534. The van der Waals surface area contributed by atoms with Crippen LogP contribution in [-0.4, -0.2) is 31.7 Å². The molecule has 1 rings (SSSR count). The zero-order valence-corrected chi connectivity index (χ0v) is 11.8. The minimum Gasteiger partial charge on any atom is -0.497 e. The third kappa shape index (κ3) is 4.99. The SMILES string of the molecule is CCOC(=NC(C)C)NC(=O)c1ccc(OC)cc1. The summed E-state index contributed by atoms with van der Waals surface area (Å²) >= 11 is 0. The van der Waals surface area contributed by atoms with Crippen LogP contribution in [0.15, 0.2) is 29.3 Å². The standard InChI is InChI=1S/C14H20N2O3/c1-5-19-14(15-10(2)3)16-13(17)11-6-8-12(18-4)9-7-11/h6-10H,5H2,1-4H3,(H,15,16,17). The predicted octanol–water partition coefficient (Wildman–Crippen LogP) is 2.23. The van der Waals surface area contributed by atoms with Crippen LogP contribution in [-0.2, 0) is 4.74 Å². The van der Waals surface area contributed by atoms with Crippen molar-refractivity contribution in [3.8, 4) is 5.75 Å². The quantitative estimate of drug-likeness (QED) is 0.670. The maximum absolute atomic E-state index is 12.0. The van der Waals surface area contributed by atoms with Crippen LogP contribution in [0.25, 0.3) is 0 Å². The largest absolute Gasteiger partial charge is 0.497 e. The van der Waals surface area contributed by atoms with Crippen LogP contribution in [0.5, 0.6) is 5.75 Å². The van der Waals surface area contributed by atoms with Gasteiger partial charge >= 0.3 is 0 Å². The van der Waals surface area contributed by atoms with Gasteiger partial charge in [0.15, 0.2) is 0 Å². The number of benzene rings is 1. The van der Waals surface area contributed by atoms with E-state index in [1.54, 1.807) is 31.4 Å². The normalized spacial score (nSPS) is 11.3. The van der Waals surface area contributed by atoms with Crippen molar-refractivity contribution in [2.45, 2.75) is 26.8 Å². The van der Waals surface area contributed by atoms with E-state index < -0.39 is 0 Å². The van der Waals surface area contributed by atoms with E-state index in [1.165, 1.54) is 0 Å². The summed E-state index contributed by atoms with van der Waals surface area (Å²) in [7, 11) is 1.58. The van der Waals surface area contributed by atoms with E-state index in [1.807, 2.05) is 20.8 Å². The molecule has 5 nitrogen and oxygen atoms in total. The fourth-order valence-corrected chi connectivity index (χ4v) is 1.39. The molecule has 0 atom stereocenters. The fraction of sp³-hybridized carbons (Fsp3) is 0.429. The van der Waals surface area contributed by atoms with Gasteiger partial charge in [-0.25, -0.2) is 4.99 Å². The third-order valence-electron chi connectivity index (χ3n) is 2.23. The van der Waals surface area contributed by atoms with Crippen molar-refractivity contribution in [3.63, 3.8) is 0 Å². The molecule has 0 radical (unpaired) electrons. The van der Waals surface area contributed by atoms with Gasteiger partial charge in [-0.05, 0) is 45.0 Å². The second-order valence-corrected chi connectivity index (χ2v) is 4.14. The number of methoxy groups -OCH3 is 1. The summed E-state index contributed by atoms with van der Waals surface area (Å²) in [5, 5.41) is 2.65. The summed E-state index contributed by atoms with van der Waals surface area (Å²) < 4.78 is 10.3. The molecule has 0 aliphatic heterocycles. The Morgan fingerprint density at radius 3 is 2.42 bits per heavy atom. The summed E-state index contributed by atoms with van der Waals surface area (Å²) in [5.74, 6) is 0.452. The lowest BCUT2D eigenvalue weighted by Gasteiger charge is -2.10. The Bertz CT molecular complexity index is 439. The first-order valence-corrected chi connectivity index (χ1v) is 6.22. The Kier molecular flexibility index (Phi) is 5.85. The molecule has 19 heavy (non-hydrogen) atoms. The van der Waals surface area contributed by atoms with Gasteiger partial charge in [0.1, 0.15) is 5.75 Å². The number of nitrogens with one attached hydrogen (secondary N) is 1. The predicted molar refractivity (Wildman–Crippen MR) is 74.7 cm³/mol. The first-order chi connectivity index (χ1) is 9.06. The van der Waals surface area contributed by atoms with Crippen LogP contribution in [0, 0.1) is 0 Å². The summed E-state index contributed by atoms with van der Waals surface area (Å²) in [4.78, 5) is 16.2. The number of nitrogens with zero attached hydrogens (tertiary/aromatic N) is 1. The molecule has 5 heteroatoms. The highest BCUT2D eigenvalue weighted by Crippen LogP contribution is 2.11. The number of carbonyl (C=O) groups is 1. The van der Waals surface area contributed by atoms with E-state index in [-0.39, 0.29) is 18.0 Å². The number of amidine groups is 1. The number of hydrogen-bond acceptors (Lipinski definition) is 4. The Hall–Kier alpha value is -2.04. The van der Waals surface area contributed by atoms with Crippen molar-refractivity contribution in [3.05, 3.63) is 29.8 Å². The lowest BCUT2D eigenvalue weighted by Crippen LogP contribution is -2.33. The molecule has 0 saturated heterocycles. The molecule has 0 unspecified atom stereocenters. The highest BCUT2D eigenvalue weighted by atomic mass is 16.5. The summed E-state index contributed by atoms with van der Waals surface area (Å²) in [6, 6.07) is 7.14. The number of ether oxygens (including phenoxy) is 2. The van der Waals surface area contributed by atoms with Crippen LogP contribution in [0.2, 0.25) is 0 Å². The van der Waals surface area contributed by atoms with Gasteiger partial charge in [-0.1, -0.05) is 0 Å². The number of rotatable bonds is 4. The van der Waals surface area contributed by atoms with Gasteiger partial charge in [0, 0.05) is 11.6 Å².